The van der Waals surface area contributed by atoms with Crippen molar-refractivity contribution in [2.24, 2.45) is 0 Å². The maximum absolute atomic E-state index is 14.9. The third-order valence-corrected chi connectivity index (χ3v) is 13.2. The zero-order chi connectivity index (χ0) is 36.3. The van der Waals surface area contributed by atoms with Gasteiger partial charge in [0.1, 0.15) is 0 Å². The van der Waals surface area contributed by atoms with Crippen molar-refractivity contribution in [3.05, 3.63) is 218 Å². The van der Waals surface area contributed by atoms with Gasteiger partial charge in [0.2, 0.25) is 0 Å². The van der Waals surface area contributed by atoms with E-state index >= 15 is 0 Å². The Bertz CT molecular complexity index is 2650. The fourth-order valence-corrected chi connectivity index (χ4v) is 9.91. The molecule has 2 nitrogen and oxygen atoms in total. The van der Waals surface area contributed by atoms with E-state index in [9.17, 15) is 4.57 Å². The Kier molecular flexibility index (Phi) is 8.89. The number of rotatable bonds is 8. The molecule has 9 aromatic rings. The highest BCUT2D eigenvalue weighted by atomic mass is 31.2. The molecule has 0 saturated heterocycles. The van der Waals surface area contributed by atoms with Crippen molar-refractivity contribution in [1.29, 1.82) is 0 Å². The molecule has 9 rings (SSSR count). The van der Waals surface area contributed by atoms with E-state index in [2.05, 4.69) is 133 Å². The molecule has 0 aliphatic rings. The molecule has 0 bridgehead atoms. The van der Waals surface area contributed by atoms with E-state index in [-0.39, 0.29) is 0 Å². The van der Waals surface area contributed by atoms with Crippen LogP contribution >= 0.6 is 7.14 Å². The predicted molar refractivity (Wildman–Crippen MR) is 228 cm³/mol. The Morgan fingerprint density at radius 2 is 0.630 bits per heavy atom. The first-order valence-electron chi connectivity index (χ1n) is 18.2. The molecule has 0 spiro atoms. The summed E-state index contributed by atoms with van der Waals surface area (Å²) in [5, 5.41) is 4.85. The highest BCUT2D eigenvalue weighted by Gasteiger charge is 2.29. The van der Waals surface area contributed by atoms with Crippen molar-refractivity contribution in [2.45, 2.75) is 0 Å². The third kappa shape index (κ3) is 6.49. The van der Waals surface area contributed by atoms with E-state index in [1.165, 1.54) is 16.3 Å². The van der Waals surface area contributed by atoms with Gasteiger partial charge in [0.25, 0.3) is 0 Å². The average Bonchev–Trinajstić information content (AvgIpc) is 3.27. The Balaban J connectivity index is 1.02. The van der Waals surface area contributed by atoms with E-state index in [0.717, 1.165) is 66.2 Å². The maximum Gasteiger partial charge on any atom is 0.171 e. The molecule has 1 heterocycles. The molecule has 0 radical (unpaired) electrons. The van der Waals surface area contributed by atoms with Crippen LogP contribution in [-0.2, 0) is 4.57 Å². The number of pyridine rings is 1. The van der Waals surface area contributed by atoms with Crippen LogP contribution in [0.3, 0.4) is 0 Å². The van der Waals surface area contributed by atoms with Crippen molar-refractivity contribution < 1.29 is 4.57 Å². The van der Waals surface area contributed by atoms with Gasteiger partial charge in [-0.2, -0.15) is 0 Å². The van der Waals surface area contributed by atoms with E-state index < -0.39 is 7.14 Å². The van der Waals surface area contributed by atoms with E-state index in [4.69, 9.17) is 4.98 Å². The lowest BCUT2D eigenvalue weighted by molar-refractivity contribution is 0.592. The molecule has 0 saturated carbocycles. The van der Waals surface area contributed by atoms with Crippen LogP contribution in [0.2, 0.25) is 0 Å². The predicted octanol–water partition coefficient (Wildman–Crippen LogP) is 12.2. The molecule has 0 aliphatic carbocycles. The second-order valence-electron chi connectivity index (χ2n) is 13.5. The maximum atomic E-state index is 14.9. The molecule has 0 fully saturated rings. The van der Waals surface area contributed by atoms with Crippen LogP contribution in [-0.4, -0.2) is 4.98 Å². The van der Waals surface area contributed by atoms with Gasteiger partial charge in [-0.1, -0.05) is 194 Å². The highest BCUT2D eigenvalue weighted by molar-refractivity contribution is 7.85. The molecular weight excluding hydrogens is 674 g/mol. The van der Waals surface area contributed by atoms with Gasteiger partial charge in [-0.05, 0) is 68.4 Å². The summed E-state index contributed by atoms with van der Waals surface area (Å²) < 4.78 is 14.9. The lowest BCUT2D eigenvalue weighted by Gasteiger charge is -2.20. The highest BCUT2D eigenvalue weighted by Crippen LogP contribution is 2.43. The summed E-state index contributed by atoms with van der Waals surface area (Å²) in [5.41, 5.74) is 10.9. The van der Waals surface area contributed by atoms with Crippen LogP contribution in [0.4, 0.5) is 0 Å². The minimum absolute atomic E-state index is 0.827. The molecule has 0 atom stereocenters. The Morgan fingerprint density at radius 3 is 1.13 bits per heavy atom. The van der Waals surface area contributed by atoms with Crippen molar-refractivity contribution in [3.8, 4) is 55.9 Å². The summed E-state index contributed by atoms with van der Waals surface area (Å²) in [5.74, 6) is 0. The number of aromatic nitrogens is 1. The third-order valence-electron chi connectivity index (χ3n) is 10.2. The van der Waals surface area contributed by atoms with Crippen molar-refractivity contribution >= 4 is 33.8 Å². The number of hydrogen-bond acceptors (Lipinski definition) is 2. The van der Waals surface area contributed by atoms with Crippen molar-refractivity contribution in [1.82, 2.24) is 4.98 Å². The Labute approximate surface area is 316 Å². The minimum atomic E-state index is -3.03. The number of benzene rings is 8. The van der Waals surface area contributed by atoms with Gasteiger partial charge in [-0.25, -0.2) is 4.98 Å². The summed E-state index contributed by atoms with van der Waals surface area (Å²) >= 11 is 0. The molecule has 0 unspecified atom stereocenters. The second kappa shape index (κ2) is 14.4. The molecule has 256 valence electrons. The summed E-state index contributed by atoms with van der Waals surface area (Å²) in [6.45, 7) is 0. The summed E-state index contributed by atoms with van der Waals surface area (Å²) in [6, 6.07) is 75.1. The van der Waals surface area contributed by atoms with Gasteiger partial charge in [0, 0.05) is 27.0 Å². The fourth-order valence-electron chi connectivity index (χ4n) is 7.26. The quantitative estimate of drug-likeness (QED) is 0.147. The molecular formula is C51H36NOP. The van der Waals surface area contributed by atoms with Gasteiger partial charge in [-0.3, -0.25) is 0 Å². The van der Waals surface area contributed by atoms with Crippen molar-refractivity contribution in [2.75, 3.05) is 0 Å². The van der Waals surface area contributed by atoms with Crippen LogP contribution in [0.25, 0.3) is 66.7 Å². The lowest BCUT2D eigenvalue weighted by atomic mass is 9.96. The van der Waals surface area contributed by atoms with Gasteiger partial charge < -0.3 is 4.57 Å². The minimum Gasteiger partial charge on any atom is -0.309 e. The van der Waals surface area contributed by atoms with Crippen LogP contribution in [0, 0.1) is 0 Å². The van der Waals surface area contributed by atoms with E-state index in [1.807, 2.05) is 84.9 Å². The van der Waals surface area contributed by atoms with Crippen LogP contribution in [0.15, 0.2) is 218 Å². The number of hydrogen-bond donors (Lipinski definition) is 0. The van der Waals surface area contributed by atoms with Crippen LogP contribution < -0.4 is 15.9 Å². The molecule has 0 N–H and O–H groups in total. The standard InChI is InChI=1S/C51H36NOP/c53-54(47-17-9-3-10-18-47,48-19-11-4-12-20-48)49-31-29-39(30-32-49)44-28-24-40-23-27-43(33-45(40)34-44)38-21-25-42(26-22-38)51-36-46(37-13-5-1-6-14-37)35-50(52-51)41-15-7-2-8-16-41/h1-36H. The largest absolute Gasteiger partial charge is 0.309 e. The molecule has 0 amide bonds. The zero-order valence-corrected chi connectivity index (χ0v) is 30.5. The van der Waals surface area contributed by atoms with Gasteiger partial charge in [0.15, 0.2) is 7.14 Å². The van der Waals surface area contributed by atoms with Crippen molar-refractivity contribution in [3.63, 3.8) is 0 Å². The van der Waals surface area contributed by atoms with E-state index in [1.54, 1.807) is 0 Å². The lowest BCUT2D eigenvalue weighted by Crippen LogP contribution is -2.24. The molecule has 8 aromatic carbocycles. The molecule has 54 heavy (non-hydrogen) atoms. The number of nitrogens with zero attached hydrogens (tertiary/aromatic N) is 1. The monoisotopic (exact) mass is 709 g/mol. The molecule has 3 heteroatoms. The van der Waals surface area contributed by atoms with E-state index in [0.29, 0.717) is 0 Å². The molecule has 0 aliphatic heterocycles. The van der Waals surface area contributed by atoms with Gasteiger partial charge in [0.05, 0.1) is 11.4 Å². The Morgan fingerprint density at radius 1 is 0.278 bits per heavy atom. The smallest absolute Gasteiger partial charge is 0.171 e. The average molecular weight is 710 g/mol. The van der Waals surface area contributed by atoms with Crippen LogP contribution in [0.1, 0.15) is 0 Å². The first-order valence-corrected chi connectivity index (χ1v) is 19.9. The normalized spacial score (nSPS) is 11.4. The number of fused-ring (bicyclic) bond motifs is 1. The Hall–Kier alpha value is -6.60. The fraction of sp³-hybridized carbons (Fsp3) is 0. The summed E-state index contributed by atoms with van der Waals surface area (Å²) in [6.07, 6.45) is 0. The topological polar surface area (TPSA) is 30.0 Å². The summed E-state index contributed by atoms with van der Waals surface area (Å²) in [4.78, 5) is 5.12. The van der Waals surface area contributed by atoms with Gasteiger partial charge >= 0.3 is 0 Å². The SMILES string of the molecule is O=P(c1ccccc1)(c1ccccc1)c1ccc(-c2ccc3ccc(-c4ccc(-c5cc(-c6ccccc6)cc(-c6ccccc6)n5)cc4)cc3c2)cc1. The van der Waals surface area contributed by atoms with Gasteiger partial charge in [-0.15, -0.1) is 0 Å². The first-order chi connectivity index (χ1) is 26.6. The molecule has 1 aromatic heterocycles. The first kappa shape index (κ1) is 33.3. The zero-order valence-electron chi connectivity index (χ0n) is 29.6. The summed E-state index contributed by atoms with van der Waals surface area (Å²) in [7, 11) is -3.03. The second-order valence-corrected chi connectivity index (χ2v) is 16.3. The van der Waals surface area contributed by atoms with Crippen LogP contribution in [0.5, 0.6) is 0 Å².